The topological polar surface area (TPSA) is 49.4 Å². The molecule has 0 spiro atoms. The minimum absolute atomic E-state index is 0.0713. The van der Waals surface area contributed by atoms with Crippen LogP contribution in [0.4, 0.5) is 42.1 Å². The highest BCUT2D eigenvalue weighted by Crippen LogP contribution is 2.54. The molecule has 0 radical (unpaired) electrons. The van der Waals surface area contributed by atoms with Gasteiger partial charge in [-0.1, -0.05) is 30.3 Å². The molecule has 3 aromatic carbocycles. The van der Waals surface area contributed by atoms with E-state index in [4.69, 9.17) is 0 Å². The molecule has 3 aromatic rings. The van der Waals surface area contributed by atoms with Crippen LogP contribution in [0.1, 0.15) is 37.4 Å². The van der Waals surface area contributed by atoms with Crippen molar-refractivity contribution in [3.8, 4) is 0 Å². The van der Waals surface area contributed by atoms with Gasteiger partial charge in [0.25, 0.3) is 11.8 Å². The number of nitrogens with zero attached hydrogens (tertiary/aromatic N) is 1. The largest absolute Gasteiger partial charge is 0.435 e. The van der Waals surface area contributed by atoms with E-state index in [0.29, 0.717) is 23.4 Å². The van der Waals surface area contributed by atoms with E-state index in [9.17, 15) is 40.3 Å². The molecule has 0 aromatic heterocycles. The van der Waals surface area contributed by atoms with E-state index >= 15 is 0 Å². The van der Waals surface area contributed by atoms with Crippen LogP contribution in [0, 0.1) is 6.92 Å². The van der Waals surface area contributed by atoms with Crippen molar-refractivity contribution in [3.05, 3.63) is 93.0 Å². The molecular weight excluding hydrogens is 573 g/mol. The Bertz CT molecular complexity index is 1370. The van der Waals surface area contributed by atoms with E-state index in [1.54, 1.807) is 30.3 Å². The predicted octanol–water partition coefficient (Wildman–Crippen LogP) is 7.46. The number of halogens is 8. The van der Waals surface area contributed by atoms with E-state index in [-0.39, 0.29) is 33.7 Å². The van der Waals surface area contributed by atoms with Gasteiger partial charge < -0.3 is 10.2 Å². The van der Waals surface area contributed by atoms with E-state index in [1.165, 1.54) is 23.1 Å². The molecule has 0 saturated heterocycles. The summed E-state index contributed by atoms with van der Waals surface area (Å²) < 4.78 is 93.0. The molecule has 0 saturated carbocycles. The summed E-state index contributed by atoms with van der Waals surface area (Å²) in [7, 11) is 0. The average Bonchev–Trinajstić information content (AvgIpc) is 3.16. The van der Waals surface area contributed by atoms with Gasteiger partial charge in [0, 0.05) is 26.9 Å². The number of anilines is 2. The van der Waals surface area contributed by atoms with Gasteiger partial charge in [-0.2, -0.15) is 26.3 Å². The molecule has 4 rings (SSSR count). The second-order valence-electron chi connectivity index (χ2n) is 8.36. The third kappa shape index (κ3) is 4.58. The molecule has 4 nitrogen and oxygen atoms in total. The van der Waals surface area contributed by atoms with Crippen LogP contribution in [0.15, 0.2) is 65.1 Å². The zero-order valence-corrected chi connectivity index (χ0v) is 20.4. The number of aryl methyl sites for hydroxylation is 1. The molecule has 12 heteroatoms. The number of amides is 2. The maximum absolute atomic E-state index is 14.5. The first-order chi connectivity index (χ1) is 17.1. The smallest absolute Gasteiger partial charge is 0.321 e. The number of fused-ring (bicyclic) bond motifs is 1. The first-order valence-electron chi connectivity index (χ1n) is 10.6. The highest BCUT2D eigenvalue weighted by molar-refractivity contribution is 9.10. The fourth-order valence-corrected chi connectivity index (χ4v) is 4.71. The maximum atomic E-state index is 14.5. The van der Waals surface area contributed by atoms with Crippen molar-refractivity contribution in [2.24, 2.45) is 0 Å². The number of alkyl halides is 7. The van der Waals surface area contributed by atoms with Gasteiger partial charge in [0.2, 0.25) is 0 Å². The highest BCUT2D eigenvalue weighted by atomic mass is 79.9. The molecule has 1 heterocycles. The first kappa shape index (κ1) is 26.6. The Morgan fingerprint density at radius 1 is 0.919 bits per heavy atom. The second kappa shape index (κ2) is 9.16. The fraction of sp³-hybridized carbons (Fsp3) is 0.200. The summed E-state index contributed by atoms with van der Waals surface area (Å²) in [6, 6.07) is 13.7. The zero-order chi connectivity index (χ0) is 27.3. The molecule has 1 N–H and O–H groups in total. The van der Waals surface area contributed by atoms with E-state index in [0.717, 1.165) is 12.5 Å². The van der Waals surface area contributed by atoms with Crippen LogP contribution in [0.3, 0.4) is 0 Å². The highest BCUT2D eigenvalue weighted by Gasteiger charge is 2.73. The van der Waals surface area contributed by atoms with Crippen molar-refractivity contribution in [2.75, 3.05) is 10.2 Å². The summed E-state index contributed by atoms with van der Waals surface area (Å²) in [5.41, 5.74) is -5.85. The molecule has 1 aliphatic rings. The summed E-state index contributed by atoms with van der Waals surface area (Å²) in [5, 5.41) is 2.42. The summed E-state index contributed by atoms with van der Waals surface area (Å²) in [6.07, 6.45) is -12.5. The van der Waals surface area contributed by atoms with Crippen LogP contribution in [-0.4, -0.2) is 24.2 Å². The van der Waals surface area contributed by atoms with Gasteiger partial charge in [-0.05, 0) is 64.3 Å². The lowest BCUT2D eigenvalue weighted by Crippen LogP contribution is -2.50. The Morgan fingerprint density at radius 3 is 2.16 bits per heavy atom. The molecule has 194 valence electrons. The zero-order valence-electron chi connectivity index (χ0n) is 18.8. The molecule has 0 bridgehead atoms. The number of carbonyl (C=O) groups excluding carboxylic acids is 2. The Morgan fingerprint density at radius 2 is 1.57 bits per heavy atom. The van der Waals surface area contributed by atoms with Crippen molar-refractivity contribution >= 4 is 39.1 Å². The van der Waals surface area contributed by atoms with Crippen molar-refractivity contribution in [3.63, 3.8) is 0 Å². The molecule has 0 unspecified atom stereocenters. The fourth-order valence-electron chi connectivity index (χ4n) is 4.05. The third-order valence-electron chi connectivity index (χ3n) is 5.95. The van der Waals surface area contributed by atoms with Crippen molar-refractivity contribution < 1.29 is 40.3 Å². The number of carbonyl (C=O) groups is 2. The Balaban J connectivity index is 1.62. The quantitative estimate of drug-likeness (QED) is 0.322. The van der Waals surface area contributed by atoms with Crippen molar-refractivity contribution in [1.29, 1.82) is 0 Å². The molecule has 2 amide bonds. The van der Waals surface area contributed by atoms with Crippen LogP contribution < -0.4 is 10.2 Å². The van der Waals surface area contributed by atoms with Gasteiger partial charge in [-0.15, -0.1) is 0 Å². The van der Waals surface area contributed by atoms with Gasteiger partial charge in [-0.25, -0.2) is 4.39 Å². The van der Waals surface area contributed by atoms with Gasteiger partial charge in [0.15, 0.2) is 0 Å². The minimum atomic E-state index is -6.27. The summed E-state index contributed by atoms with van der Waals surface area (Å²) in [4.78, 5) is 27.1. The maximum Gasteiger partial charge on any atom is 0.435 e. The van der Waals surface area contributed by atoms with Gasteiger partial charge in [0.1, 0.15) is 0 Å². The minimum Gasteiger partial charge on any atom is -0.321 e. The molecule has 0 atom stereocenters. The van der Waals surface area contributed by atoms with E-state index in [1.807, 2.05) is 0 Å². The Hall–Kier alpha value is -3.41. The predicted molar refractivity (Wildman–Crippen MR) is 125 cm³/mol. The van der Waals surface area contributed by atoms with Gasteiger partial charge in [0.05, 0.1) is 12.2 Å². The number of benzene rings is 3. The van der Waals surface area contributed by atoms with Crippen LogP contribution in [0.5, 0.6) is 0 Å². The third-order valence-corrected chi connectivity index (χ3v) is 6.57. The van der Waals surface area contributed by atoms with Crippen molar-refractivity contribution in [2.45, 2.75) is 31.5 Å². The lowest BCUT2D eigenvalue weighted by Gasteiger charge is -2.31. The Labute approximate surface area is 214 Å². The monoisotopic (exact) mass is 588 g/mol. The molecular formula is C25H16BrF7N2O2. The number of hydrogen-bond donors (Lipinski definition) is 1. The summed E-state index contributed by atoms with van der Waals surface area (Å²) in [5.74, 6) is -1.01. The first-order valence-corrected chi connectivity index (χ1v) is 11.4. The van der Waals surface area contributed by atoms with E-state index in [2.05, 4.69) is 21.2 Å². The van der Waals surface area contributed by atoms with Crippen LogP contribution in [-0.2, 0) is 12.2 Å². The number of hydrogen-bond acceptors (Lipinski definition) is 2. The molecule has 37 heavy (non-hydrogen) atoms. The summed E-state index contributed by atoms with van der Waals surface area (Å²) >= 11 is 2.85. The van der Waals surface area contributed by atoms with Gasteiger partial charge >= 0.3 is 18.0 Å². The van der Waals surface area contributed by atoms with Crippen LogP contribution >= 0.6 is 15.9 Å². The second-order valence-corrected chi connectivity index (χ2v) is 9.21. The lowest BCUT2D eigenvalue weighted by molar-refractivity contribution is -0.348. The molecule has 1 aliphatic heterocycles. The van der Waals surface area contributed by atoms with Gasteiger partial charge in [-0.3, -0.25) is 9.59 Å². The molecule has 0 fully saturated rings. The van der Waals surface area contributed by atoms with Crippen LogP contribution in [0.2, 0.25) is 0 Å². The average molecular weight is 589 g/mol. The van der Waals surface area contributed by atoms with Crippen molar-refractivity contribution in [1.82, 2.24) is 0 Å². The number of nitrogens with one attached hydrogen (secondary N) is 1. The van der Waals surface area contributed by atoms with E-state index < -0.39 is 29.5 Å². The molecule has 0 aliphatic carbocycles. The number of rotatable bonds is 4. The van der Waals surface area contributed by atoms with Crippen LogP contribution in [0.25, 0.3) is 0 Å². The standard InChI is InChI=1S/C25H16BrF7N2O2/c1-13-9-16(23(27,24(28,29)30)25(31,32)33)11-19(26)20(13)34-21(36)14-6-4-7-17(10-14)35-12-15-5-2-3-8-18(15)22(35)37/h2-11H,12H2,1H3,(H,34,36). The Kier molecular flexibility index (Phi) is 6.60. The lowest BCUT2D eigenvalue weighted by atomic mass is 9.92. The SMILES string of the molecule is Cc1cc(C(F)(C(F)(F)F)C(F)(F)F)cc(Br)c1NC(=O)c1cccc(N2Cc3ccccc3C2=O)c1. The normalized spacial score (nSPS) is 14.1. The summed E-state index contributed by atoms with van der Waals surface area (Å²) in [6.45, 7) is 1.42.